The number of rotatable bonds is 6. The van der Waals surface area contributed by atoms with Gasteiger partial charge in [-0.1, -0.05) is 34.1 Å². The summed E-state index contributed by atoms with van der Waals surface area (Å²) in [7, 11) is 0. The van der Waals surface area contributed by atoms with Gasteiger partial charge in [-0.05, 0) is 17.7 Å². The zero-order valence-corrected chi connectivity index (χ0v) is 10.5. The molecule has 0 fully saturated rings. The lowest BCUT2D eigenvalue weighted by Crippen LogP contribution is -2.38. The summed E-state index contributed by atoms with van der Waals surface area (Å²) >= 11 is 3.33. The van der Waals surface area contributed by atoms with Crippen LogP contribution in [0.3, 0.4) is 0 Å². The Morgan fingerprint density at radius 2 is 2.00 bits per heavy atom. The van der Waals surface area contributed by atoms with Crippen molar-refractivity contribution in [2.75, 3.05) is 13.2 Å². The van der Waals surface area contributed by atoms with Gasteiger partial charge in [0.15, 0.2) is 0 Å². The molecular weight excluding hydrogens is 270 g/mol. The second-order valence-corrected chi connectivity index (χ2v) is 4.40. The van der Waals surface area contributed by atoms with E-state index < -0.39 is 6.10 Å². The number of benzene rings is 1. The van der Waals surface area contributed by atoms with E-state index in [-0.39, 0.29) is 12.6 Å². The number of halogens is 1. The van der Waals surface area contributed by atoms with Crippen LogP contribution in [0.25, 0.3) is 0 Å². The van der Waals surface area contributed by atoms with Crippen molar-refractivity contribution in [2.45, 2.75) is 12.1 Å². The lowest BCUT2D eigenvalue weighted by molar-refractivity contribution is 0.0920. The third kappa shape index (κ3) is 3.72. The predicted octanol–water partition coefficient (Wildman–Crippen LogP) is 1.62. The van der Waals surface area contributed by atoms with Gasteiger partial charge in [-0.15, -0.1) is 6.58 Å². The molecule has 0 saturated carbocycles. The lowest BCUT2D eigenvalue weighted by atomic mass is 10.0. The van der Waals surface area contributed by atoms with Gasteiger partial charge in [-0.2, -0.15) is 0 Å². The fourth-order valence-corrected chi connectivity index (χ4v) is 1.67. The Morgan fingerprint density at radius 1 is 1.38 bits per heavy atom. The molecule has 0 spiro atoms. The Hall–Kier alpha value is -0.680. The molecule has 1 rings (SSSR count). The van der Waals surface area contributed by atoms with E-state index in [2.05, 4.69) is 27.8 Å². The van der Waals surface area contributed by atoms with E-state index in [1.165, 1.54) is 0 Å². The first-order valence-electron chi connectivity index (χ1n) is 5.07. The average molecular weight is 286 g/mol. The molecule has 0 aliphatic heterocycles. The van der Waals surface area contributed by atoms with Crippen molar-refractivity contribution in [1.82, 2.24) is 5.32 Å². The Bertz CT molecular complexity index is 326. The number of aliphatic hydroxyl groups is 2. The fourth-order valence-electron chi connectivity index (χ4n) is 1.40. The first kappa shape index (κ1) is 13.4. The highest BCUT2D eigenvalue weighted by atomic mass is 79.9. The van der Waals surface area contributed by atoms with Crippen LogP contribution in [0, 0.1) is 0 Å². The molecule has 16 heavy (non-hydrogen) atoms. The second-order valence-electron chi connectivity index (χ2n) is 3.48. The molecule has 1 aromatic rings. The third-order valence-electron chi connectivity index (χ3n) is 2.31. The van der Waals surface area contributed by atoms with E-state index in [0.29, 0.717) is 6.54 Å². The maximum absolute atomic E-state index is 10.0. The monoisotopic (exact) mass is 285 g/mol. The van der Waals surface area contributed by atoms with Crippen molar-refractivity contribution < 1.29 is 10.2 Å². The van der Waals surface area contributed by atoms with Crippen LogP contribution < -0.4 is 5.32 Å². The second kappa shape index (κ2) is 6.81. The van der Waals surface area contributed by atoms with E-state index >= 15 is 0 Å². The normalized spacial score (nSPS) is 14.4. The van der Waals surface area contributed by atoms with Crippen molar-refractivity contribution in [1.29, 1.82) is 0 Å². The summed E-state index contributed by atoms with van der Waals surface area (Å²) in [6.45, 7) is 4.01. The van der Waals surface area contributed by atoms with E-state index in [4.69, 9.17) is 0 Å². The van der Waals surface area contributed by atoms with Crippen LogP contribution >= 0.6 is 15.9 Å². The standard InChI is InChI=1S/C12H16BrNO2/c1-2-7-14-11(8-15)12(16)9-3-5-10(13)6-4-9/h2-6,11-12,14-16H,1,7-8H2/t11-,12+/m1/s1. The molecule has 88 valence electrons. The Kier molecular flexibility index (Phi) is 5.69. The molecule has 3 nitrogen and oxygen atoms in total. The van der Waals surface area contributed by atoms with Crippen LogP contribution in [-0.2, 0) is 0 Å². The van der Waals surface area contributed by atoms with E-state index in [1.807, 2.05) is 24.3 Å². The minimum absolute atomic E-state index is 0.120. The van der Waals surface area contributed by atoms with Gasteiger partial charge in [0.1, 0.15) is 0 Å². The maximum Gasteiger partial charge on any atom is 0.0965 e. The first-order chi connectivity index (χ1) is 7.69. The Morgan fingerprint density at radius 3 is 2.50 bits per heavy atom. The van der Waals surface area contributed by atoms with Gasteiger partial charge in [0.05, 0.1) is 18.8 Å². The molecule has 0 bridgehead atoms. The SMILES string of the molecule is C=CCN[C@H](CO)[C@@H](O)c1ccc(Br)cc1. The molecule has 0 saturated heterocycles. The molecule has 0 unspecified atom stereocenters. The zero-order chi connectivity index (χ0) is 12.0. The van der Waals surface area contributed by atoms with Crippen molar-refractivity contribution in [3.05, 3.63) is 47.0 Å². The minimum atomic E-state index is -0.724. The van der Waals surface area contributed by atoms with E-state index in [1.54, 1.807) is 6.08 Å². The molecule has 0 radical (unpaired) electrons. The summed E-state index contributed by atoms with van der Waals surface area (Å²) in [5.41, 5.74) is 0.777. The summed E-state index contributed by atoms with van der Waals surface area (Å²) in [5, 5.41) is 22.2. The molecule has 4 heteroatoms. The first-order valence-corrected chi connectivity index (χ1v) is 5.87. The van der Waals surface area contributed by atoms with E-state index in [9.17, 15) is 10.2 Å². The highest BCUT2D eigenvalue weighted by Gasteiger charge is 2.18. The summed E-state index contributed by atoms with van der Waals surface area (Å²) in [4.78, 5) is 0. The van der Waals surface area contributed by atoms with Crippen LogP contribution in [0.4, 0.5) is 0 Å². The maximum atomic E-state index is 10.0. The molecular formula is C12H16BrNO2. The van der Waals surface area contributed by atoms with E-state index in [0.717, 1.165) is 10.0 Å². The van der Waals surface area contributed by atoms with Gasteiger partial charge in [0.2, 0.25) is 0 Å². The number of nitrogens with one attached hydrogen (secondary N) is 1. The highest BCUT2D eigenvalue weighted by Crippen LogP contribution is 2.19. The Labute approximate surface area is 104 Å². The zero-order valence-electron chi connectivity index (χ0n) is 8.94. The van der Waals surface area contributed by atoms with Gasteiger partial charge < -0.3 is 15.5 Å². The summed E-state index contributed by atoms with van der Waals surface area (Å²) in [6.07, 6.45) is 0.967. The fraction of sp³-hybridized carbons (Fsp3) is 0.333. The predicted molar refractivity (Wildman–Crippen MR) is 68.2 cm³/mol. The largest absolute Gasteiger partial charge is 0.395 e. The molecule has 0 heterocycles. The molecule has 0 aliphatic rings. The highest BCUT2D eigenvalue weighted by molar-refractivity contribution is 9.10. The lowest BCUT2D eigenvalue weighted by Gasteiger charge is -2.22. The minimum Gasteiger partial charge on any atom is -0.395 e. The number of aliphatic hydroxyl groups excluding tert-OH is 2. The molecule has 1 aromatic carbocycles. The van der Waals surface area contributed by atoms with Crippen LogP contribution in [0.5, 0.6) is 0 Å². The van der Waals surface area contributed by atoms with Crippen LogP contribution in [0.2, 0.25) is 0 Å². The summed E-state index contributed by atoms with van der Waals surface area (Å²) < 4.78 is 0.961. The number of hydrogen-bond donors (Lipinski definition) is 3. The Balaban J connectivity index is 2.69. The van der Waals surface area contributed by atoms with Gasteiger partial charge in [-0.25, -0.2) is 0 Å². The summed E-state index contributed by atoms with van der Waals surface area (Å²) in [5.74, 6) is 0. The van der Waals surface area contributed by atoms with Crippen molar-refractivity contribution in [3.8, 4) is 0 Å². The van der Waals surface area contributed by atoms with Gasteiger partial charge in [0.25, 0.3) is 0 Å². The molecule has 2 atom stereocenters. The average Bonchev–Trinajstić information content (AvgIpc) is 2.30. The van der Waals surface area contributed by atoms with Crippen LogP contribution in [0.1, 0.15) is 11.7 Å². The molecule has 3 N–H and O–H groups in total. The molecule has 0 aromatic heterocycles. The smallest absolute Gasteiger partial charge is 0.0965 e. The van der Waals surface area contributed by atoms with Crippen molar-refractivity contribution in [3.63, 3.8) is 0 Å². The van der Waals surface area contributed by atoms with Crippen LogP contribution in [0.15, 0.2) is 41.4 Å². The van der Waals surface area contributed by atoms with Gasteiger partial charge >= 0.3 is 0 Å². The molecule has 0 aliphatic carbocycles. The van der Waals surface area contributed by atoms with Gasteiger partial charge in [-0.3, -0.25) is 0 Å². The van der Waals surface area contributed by atoms with Crippen LogP contribution in [-0.4, -0.2) is 29.4 Å². The van der Waals surface area contributed by atoms with Crippen molar-refractivity contribution in [2.24, 2.45) is 0 Å². The number of hydrogen-bond acceptors (Lipinski definition) is 3. The third-order valence-corrected chi connectivity index (χ3v) is 2.84. The van der Waals surface area contributed by atoms with Crippen molar-refractivity contribution >= 4 is 15.9 Å². The quantitative estimate of drug-likeness (QED) is 0.697. The van der Waals surface area contributed by atoms with Gasteiger partial charge in [0, 0.05) is 11.0 Å². The summed E-state index contributed by atoms with van der Waals surface area (Å²) in [6, 6.07) is 7.00. The molecule has 0 amide bonds. The topological polar surface area (TPSA) is 52.5 Å².